The van der Waals surface area contributed by atoms with E-state index in [0.29, 0.717) is 0 Å². The van der Waals surface area contributed by atoms with E-state index in [4.69, 9.17) is 5.84 Å². The monoisotopic (exact) mass is 246 g/mol. The van der Waals surface area contributed by atoms with Crippen LogP contribution in [0.3, 0.4) is 0 Å². The Labute approximate surface area is 95.7 Å². The number of nitrogens with one attached hydrogen (secondary N) is 1. The topological polar surface area (TPSA) is 90.0 Å². The molecule has 0 aromatic carbocycles. The molecule has 0 bridgehead atoms. The molecule has 0 saturated carbocycles. The van der Waals surface area contributed by atoms with E-state index in [-0.39, 0.29) is 0 Å². The lowest BCUT2D eigenvalue weighted by Crippen LogP contribution is -2.48. The first-order valence-electron chi connectivity index (χ1n) is 4.85. The van der Waals surface area contributed by atoms with Crippen LogP contribution in [0.5, 0.6) is 0 Å². The first-order valence-corrected chi connectivity index (χ1v) is 6.74. The zero-order valence-electron chi connectivity index (χ0n) is 9.93. The number of aromatic nitrogens is 2. The Morgan fingerprint density at radius 3 is 2.44 bits per heavy atom. The van der Waals surface area contributed by atoms with Crippen LogP contribution in [0.2, 0.25) is 0 Å². The number of hydrogen-bond acceptors (Lipinski definition) is 5. The Kier molecular flexibility index (Phi) is 3.41. The van der Waals surface area contributed by atoms with E-state index in [9.17, 15) is 8.42 Å². The van der Waals surface area contributed by atoms with Gasteiger partial charge in [0.2, 0.25) is 0 Å². The van der Waals surface area contributed by atoms with Crippen molar-refractivity contribution in [3.8, 4) is 0 Å². The van der Waals surface area contributed by atoms with Gasteiger partial charge in [0.05, 0.1) is 16.5 Å². The van der Waals surface area contributed by atoms with Crippen molar-refractivity contribution in [1.82, 2.24) is 15.2 Å². The lowest BCUT2D eigenvalue weighted by molar-refractivity contribution is 0.406. The molecule has 1 heterocycles. The Morgan fingerprint density at radius 1 is 1.56 bits per heavy atom. The predicted octanol–water partition coefficient (Wildman–Crippen LogP) is -0.252. The molecule has 6 nitrogen and oxygen atoms in total. The number of sulfone groups is 1. The summed E-state index contributed by atoms with van der Waals surface area (Å²) in [5, 5.41) is 4.01. The minimum atomic E-state index is -3.24. The fourth-order valence-corrected chi connectivity index (χ4v) is 2.14. The van der Waals surface area contributed by atoms with E-state index in [1.54, 1.807) is 37.8 Å². The van der Waals surface area contributed by atoms with Crippen molar-refractivity contribution in [1.29, 1.82) is 0 Å². The highest BCUT2D eigenvalue weighted by Gasteiger charge is 2.40. The second kappa shape index (κ2) is 4.15. The van der Waals surface area contributed by atoms with Crippen LogP contribution < -0.4 is 11.3 Å². The summed E-state index contributed by atoms with van der Waals surface area (Å²) in [5.74, 6) is 5.46. The minimum absolute atomic E-state index is 0.505. The molecule has 1 atom stereocenters. The minimum Gasteiger partial charge on any atom is -0.271 e. The van der Waals surface area contributed by atoms with E-state index in [1.807, 2.05) is 0 Å². The summed E-state index contributed by atoms with van der Waals surface area (Å²) in [6, 6.07) is 1.24. The van der Waals surface area contributed by atoms with Crippen molar-refractivity contribution in [2.45, 2.75) is 24.6 Å². The maximum absolute atomic E-state index is 11.7. The molecular formula is C9H18N4O2S. The molecule has 0 spiro atoms. The third kappa shape index (κ3) is 2.11. The van der Waals surface area contributed by atoms with Gasteiger partial charge in [0.15, 0.2) is 9.84 Å². The summed E-state index contributed by atoms with van der Waals surface area (Å²) in [4.78, 5) is 0. The lowest BCUT2D eigenvalue weighted by Gasteiger charge is -2.32. The number of hydrogen-bond donors (Lipinski definition) is 2. The second-order valence-electron chi connectivity index (χ2n) is 4.35. The number of nitrogens with zero attached hydrogens (tertiary/aromatic N) is 2. The van der Waals surface area contributed by atoms with E-state index >= 15 is 0 Å². The lowest BCUT2D eigenvalue weighted by atomic mass is 10.0. The van der Waals surface area contributed by atoms with Gasteiger partial charge in [-0.25, -0.2) is 13.8 Å². The van der Waals surface area contributed by atoms with Crippen molar-refractivity contribution < 1.29 is 8.42 Å². The van der Waals surface area contributed by atoms with Gasteiger partial charge in [-0.2, -0.15) is 5.10 Å². The van der Waals surface area contributed by atoms with Crippen LogP contribution in [0.1, 0.15) is 25.6 Å². The Bertz CT molecular complexity index is 464. The van der Waals surface area contributed by atoms with Crippen LogP contribution in [-0.2, 0) is 16.9 Å². The molecule has 1 rings (SSSR count). The Morgan fingerprint density at radius 2 is 2.12 bits per heavy atom. The number of rotatable bonds is 4. The molecule has 16 heavy (non-hydrogen) atoms. The number of hydrazine groups is 1. The van der Waals surface area contributed by atoms with Crippen molar-refractivity contribution in [3.63, 3.8) is 0 Å². The van der Waals surface area contributed by atoms with Gasteiger partial charge in [-0.05, 0) is 19.9 Å². The molecule has 0 fully saturated rings. The van der Waals surface area contributed by atoms with Crippen LogP contribution in [0.25, 0.3) is 0 Å². The van der Waals surface area contributed by atoms with E-state index in [2.05, 4.69) is 10.5 Å². The molecule has 1 aromatic heterocycles. The third-order valence-corrected chi connectivity index (χ3v) is 5.12. The molecule has 0 radical (unpaired) electrons. The van der Waals surface area contributed by atoms with Gasteiger partial charge < -0.3 is 0 Å². The van der Waals surface area contributed by atoms with Crippen molar-refractivity contribution in [2.75, 3.05) is 6.26 Å². The van der Waals surface area contributed by atoms with Crippen molar-refractivity contribution >= 4 is 9.84 Å². The van der Waals surface area contributed by atoms with Crippen LogP contribution in [0.4, 0.5) is 0 Å². The summed E-state index contributed by atoms with van der Waals surface area (Å²) in [6.07, 6.45) is 2.81. The first-order chi connectivity index (χ1) is 7.21. The van der Waals surface area contributed by atoms with Gasteiger partial charge in [0.25, 0.3) is 0 Å². The first kappa shape index (κ1) is 13.1. The number of nitrogens with two attached hydrogens (primary N) is 1. The van der Waals surface area contributed by atoms with Crippen molar-refractivity contribution in [2.24, 2.45) is 12.9 Å². The van der Waals surface area contributed by atoms with Gasteiger partial charge >= 0.3 is 0 Å². The largest absolute Gasteiger partial charge is 0.271 e. The molecule has 7 heteroatoms. The smallest absolute Gasteiger partial charge is 0.154 e. The fourth-order valence-electron chi connectivity index (χ4n) is 1.52. The molecule has 92 valence electrons. The average molecular weight is 246 g/mol. The molecule has 0 aliphatic heterocycles. The fraction of sp³-hybridized carbons (Fsp3) is 0.667. The van der Waals surface area contributed by atoms with Gasteiger partial charge in [-0.3, -0.25) is 10.5 Å². The molecule has 1 aromatic rings. The molecule has 1 unspecified atom stereocenters. The summed E-state index contributed by atoms with van der Waals surface area (Å²) >= 11 is 0. The van der Waals surface area contributed by atoms with Gasteiger partial charge in [-0.15, -0.1) is 0 Å². The van der Waals surface area contributed by atoms with E-state index < -0.39 is 20.6 Å². The van der Waals surface area contributed by atoms with Gasteiger partial charge in [0.1, 0.15) is 0 Å². The molecule has 0 aliphatic carbocycles. The zero-order chi connectivity index (χ0) is 12.6. The van der Waals surface area contributed by atoms with Crippen LogP contribution in [0, 0.1) is 0 Å². The van der Waals surface area contributed by atoms with Gasteiger partial charge in [-0.1, -0.05) is 0 Å². The maximum atomic E-state index is 11.7. The van der Waals surface area contributed by atoms with Crippen LogP contribution in [-0.4, -0.2) is 29.2 Å². The SMILES string of the molecule is Cn1nccc1C(NN)C(C)(C)S(C)(=O)=O. The molecular weight excluding hydrogens is 228 g/mol. The average Bonchev–Trinajstić information content (AvgIpc) is 2.51. The zero-order valence-corrected chi connectivity index (χ0v) is 10.7. The Balaban J connectivity index is 3.24. The maximum Gasteiger partial charge on any atom is 0.154 e. The van der Waals surface area contributed by atoms with Crippen LogP contribution in [0.15, 0.2) is 12.3 Å². The standard InChI is InChI=1S/C9H18N4O2S/c1-9(2,16(4,14)15)8(12-10)7-5-6-11-13(7)3/h5-6,8,12H,10H2,1-4H3. The Hall–Kier alpha value is -0.920. The number of aryl methyl sites for hydroxylation is 1. The highest BCUT2D eigenvalue weighted by molar-refractivity contribution is 7.92. The summed E-state index contributed by atoms with van der Waals surface area (Å²) in [7, 11) is -1.49. The molecule has 3 N–H and O–H groups in total. The summed E-state index contributed by atoms with van der Waals surface area (Å²) in [6.45, 7) is 3.28. The highest BCUT2D eigenvalue weighted by Crippen LogP contribution is 2.30. The summed E-state index contributed by atoms with van der Waals surface area (Å²) < 4.78 is 24.1. The van der Waals surface area contributed by atoms with E-state index in [0.717, 1.165) is 5.69 Å². The quantitative estimate of drug-likeness (QED) is 0.564. The van der Waals surface area contributed by atoms with Crippen LogP contribution >= 0.6 is 0 Å². The van der Waals surface area contributed by atoms with Crippen molar-refractivity contribution in [3.05, 3.63) is 18.0 Å². The normalized spacial score (nSPS) is 15.1. The third-order valence-electron chi connectivity index (χ3n) is 2.97. The predicted molar refractivity (Wildman–Crippen MR) is 62.2 cm³/mol. The van der Waals surface area contributed by atoms with E-state index in [1.165, 1.54) is 6.26 Å². The summed E-state index contributed by atoms with van der Waals surface area (Å²) in [5.41, 5.74) is 3.29. The second-order valence-corrected chi connectivity index (χ2v) is 6.95. The van der Waals surface area contributed by atoms with Gasteiger partial charge in [0, 0.05) is 19.5 Å². The molecule has 0 aliphatic rings. The molecule has 0 saturated heterocycles. The molecule has 0 amide bonds. The highest BCUT2D eigenvalue weighted by atomic mass is 32.2.